The molecule has 0 spiro atoms. The lowest BCUT2D eigenvalue weighted by molar-refractivity contribution is -0.220. The number of ketones is 1. The van der Waals surface area contributed by atoms with Crippen molar-refractivity contribution < 1.29 is 18.7 Å². The van der Waals surface area contributed by atoms with Gasteiger partial charge >= 0.3 is 0 Å². The van der Waals surface area contributed by atoms with Crippen LogP contribution >= 0.6 is 0 Å². The lowest BCUT2D eigenvalue weighted by Crippen LogP contribution is -2.71. The highest BCUT2D eigenvalue weighted by molar-refractivity contribution is 6.20. The zero-order chi connectivity index (χ0) is 27.4. The van der Waals surface area contributed by atoms with Crippen LogP contribution in [0, 0.1) is 17.8 Å². The Balaban J connectivity index is 1.24. The zero-order valence-corrected chi connectivity index (χ0v) is 23.0. The van der Waals surface area contributed by atoms with Crippen molar-refractivity contribution in [1.29, 1.82) is 0 Å². The summed E-state index contributed by atoms with van der Waals surface area (Å²) in [4.78, 5) is 40.3. The Morgan fingerprint density at radius 1 is 1.12 bits per heavy atom. The molecule has 8 nitrogen and oxygen atoms in total. The monoisotopic (exact) mass is 547 g/mol. The van der Waals surface area contributed by atoms with Gasteiger partial charge in [0.15, 0.2) is 5.78 Å². The van der Waals surface area contributed by atoms with Gasteiger partial charge < -0.3 is 19.1 Å². The van der Waals surface area contributed by atoms with E-state index in [0.717, 1.165) is 25.0 Å². The Morgan fingerprint density at radius 3 is 2.80 bits per heavy atom. The first kappa shape index (κ1) is 25.9. The van der Waals surface area contributed by atoms with Crippen molar-refractivity contribution in [2.75, 3.05) is 13.6 Å². The Kier molecular flexibility index (Phi) is 6.72. The molecule has 2 aliphatic heterocycles. The topological polar surface area (TPSA) is 80.6 Å². The van der Waals surface area contributed by atoms with Gasteiger partial charge in [0.2, 0.25) is 0 Å². The number of morpholine rings is 1. The van der Waals surface area contributed by atoms with Gasteiger partial charge in [-0.15, -0.1) is 0 Å². The molecule has 0 aromatic carbocycles. The number of halogens is 1. The van der Waals surface area contributed by atoms with E-state index < -0.39 is 24.2 Å². The summed E-state index contributed by atoms with van der Waals surface area (Å²) in [5, 5.41) is 0. The maximum Gasteiger partial charge on any atom is 0.258 e. The number of imidazole rings is 1. The molecule has 9 heteroatoms. The predicted molar refractivity (Wildman–Crippen MR) is 146 cm³/mol. The van der Waals surface area contributed by atoms with Crippen LogP contribution in [0.25, 0.3) is 0 Å². The third-order valence-corrected chi connectivity index (χ3v) is 10.3. The lowest BCUT2D eigenvalue weighted by Gasteiger charge is -2.62. The third kappa shape index (κ3) is 4.28. The number of rotatable bonds is 5. The van der Waals surface area contributed by atoms with Gasteiger partial charge in [0.1, 0.15) is 12.3 Å². The molecular weight excluding hydrogens is 509 g/mol. The van der Waals surface area contributed by atoms with Crippen LogP contribution in [0.3, 0.4) is 0 Å². The molecule has 0 radical (unpaired) electrons. The van der Waals surface area contributed by atoms with Crippen LogP contribution in [0.15, 0.2) is 54.9 Å². The van der Waals surface area contributed by atoms with Crippen molar-refractivity contribution in [3.8, 4) is 0 Å². The summed E-state index contributed by atoms with van der Waals surface area (Å²) in [7, 11) is 1.74. The summed E-state index contributed by atoms with van der Waals surface area (Å²) in [6.07, 6.45) is 14.5. The molecule has 5 aliphatic rings. The molecular formula is C31H38FN5O3. The fraction of sp³-hybridized carbons (Fsp3) is 0.613. The summed E-state index contributed by atoms with van der Waals surface area (Å²) >= 11 is 0. The largest absolute Gasteiger partial charge is 0.368 e. The number of alkyl halides is 1. The van der Waals surface area contributed by atoms with E-state index >= 15 is 4.39 Å². The number of fused-ring (bicyclic) bond motifs is 4. The van der Waals surface area contributed by atoms with E-state index in [4.69, 9.17) is 4.74 Å². The Bertz CT molecular complexity index is 1270. The number of amides is 1. The summed E-state index contributed by atoms with van der Waals surface area (Å²) in [5.74, 6) is -0.0426. The maximum absolute atomic E-state index is 16.0. The fourth-order valence-electron chi connectivity index (χ4n) is 8.47. The number of hydrogen-bond acceptors (Lipinski definition) is 6. The third-order valence-electron chi connectivity index (χ3n) is 10.3. The molecule has 40 heavy (non-hydrogen) atoms. The highest BCUT2D eigenvalue weighted by Crippen LogP contribution is 2.53. The Morgan fingerprint density at radius 2 is 2.00 bits per heavy atom. The van der Waals surface area contributed by atoms with Gasteiger partial charge in [-0.3, -0.25) is 14.6 Å². The first-order valence-corrected chi connectivity index (χ1v) is 15.0. The summed E-state index contributed by atoms with van der Waals surface area (Å²) in [5.41, 5.74) is 1.09. The number of hydrogen-bond donors (Lipinski definition) is 0. The van der Waals surface area contributed by atoms with Gasteiger partial charge in [-0.1, -0.05) is 25.3 Å². The number of ether oxygens (including phenoxy) is 1. The first-order chi connectivity index (χ1) is 19.5. The van der Waals surface area contributed by atoms with E-state index in [0.29, 0.717) is 24.8 Å². The summed E-state index contributed by atoms with van der Waals surface area (Å²) in [6.45, 7) is 0.450. The van der Waals surface area contributed by atoms with E-state index in [1.54, 1.807) is 36.9 Å². The predicted octanol–water partition coefficient (Wildman–Crippen LogP) is 3.75. The molecule has 0 N–H and O–H groups in total. The number of aromatic nitrogens is 3. The molecule has 1 saturated heterocycles. The second-order valence-corrected chi connectivity index (χ2v) is 12.4. The molecule has 3 saturated carbocycles. The molecule has 2 aromatic rings. The smallest absolute Gasteiger partial charge is 0.258 e. The molecule has 3 aliphatic carbocycles. The van der Waals surface area contributed by atoms with E-state index in [9.17, 15) is 9.59 Å². The molecule has 0 bridgehead atoms. The summed E-state index contributed by atoms with van der Waals surface area (Å²) in [6, 6.07) is 5.01. The average molecular weight is 548 g/mol. The van der Waals surface area contributed by atoms with Crippen LogP contribution in [0.4, 0.5) is 4.39 Å². The van der Waals surface area contributed by atoms with Crippen LogP contribution in [0.1, 0.15) is 56.7 Å². The fourth-order valence-corrected chi connectivity index (χ4v) is 8.47. The number of likely N-dealkylation sites (N-methyl/N-ethyl adjacent to an activating group) is 1. The van der Waals surface area contributed by atoms with Gasteiger partial charge in [-0.2, -0.15) is 0 Å². The second-order valence-electron chi connectivity index (χ2n) is 12.4. The van der Waals surface area contributed by atoms with E-state index in [1.165, 1.54) is 19.3 Å². The van der Waals surface area contributed by atoms with Gasteiger partial charge in [0, 0.05) is 56.4 Å². The van der Waals surface area contributed by atoms with Crippen LogP contribution < -0.4 is 0 Å². The van der Waals surface area contributed by atoms with Gasteiger partial charge in [0.05, 0.1) is 36.1 Å². The average Bonchev–Trinajstić information content (AvgIpc) is 3.51. The highest BCUT2D eigenvalue weighted by Gasteiger charge is 2.61. The SMILES string of the molecule is CN(CCc1ccccn1)C(=O)C1=CN2C3C(CCC4CCCCC43)OC3C2C(CC(F)C3n2ccnc2)C1=O. The molecule has 1 amide bonds. The van der Waals surface area contributed by atoms with Gasteiger partial charge in [0.25, 0.3) is 5.91 Å². The molecule has 9 atom stereocenters. The van der Waals surface area contributed by atoms with Gasteiger partial charge in [-0.25, -0.2) is 9.37 Å². The second kappa shape index (κ2) is 10.4. The van der Waals surface area contributed by atoms with E-state index in [1.807, 2.05) is 29.0 Å². The van der Waals surface area contributed by atoms with Crippen LogP contribution in [-0.2, 0) is 20.7 Å². The van der Waals surface area contributed by atoms with Crippen molar-refractivity contribution >= 4 is 11.7 Å². The number of nitrogens with zero attached hydrogens (tertiary/aromatic N) is 5. The van der Waals surface area contributed by atoms with E-state index in [2.05, 4.69) is 14.9 Å². The minimum atomic E-state index is -1.27. The lowest BCUT2D eigenvalue weighted by atomic mass is 9.63. The number of carbonyl (C=O) groups is 2. The van der Waals surface area contributed by atoms with Crippen molar-refractivity contribution in [1.82, 2.24) is 24.3 Å². The quantitative estimate of drug-likeness (QED) is 0.531. The van der Waals surface area contributed by atoms with Gasteiger partial charge in [-0.05, 0) is 49.7 Å². The van der Waals surface area contributed by atoms with Crippen LogP contribution in [-0.4, -0.2) is 80.1 Å². The van der Waals surface area contributed by atoms with E-state index in [-0.39, 0.29) is 41.9 Å². The Labute approximate surface area is 234 Å². The minimum Gasteiger partial charge on any atom is -0.368 e. The number of carbonyl (C=O) groups excluding carboxylic acids is 2. The minimum absolute atomic E-state index is 0.0414. The Hall–Kier alpha value is -3.07. The van der Waals surface area contributed by atoms with Crippen LogP contribution in [0.5, 0.6) is 0 Å². The summed E-state index contributed by atoms with van der Waals surface area (Å²) < 4.78 is 24.7. The van der Waals surface area contributed by atoms with Crippen molar-refractivity contribution in [2.24, 2.45) is 17.8 Å². The normalized spacial score (nSPS) is 36.6. The number of pyridine rings is 1. The standard InChI is InChI=1S/C31H38FN5O3/c1-35(14-11-20-7-4-5-12-34-20)31(39)23-17-37-26-21-8-3-2-6-19(21)9-10-25(26)40-30-27(37)22(29(23)38)16-24(32)28(30)36-15-13-33-18-36/h4-5,7,12-13,15,17-19,21-22,24-28,30H,2-3,6,8-11,14,16H2,1H3. The van der Waals surface area contributed by atoms with Crippen LogP contribution in [0.2, 0.25) is 0 Å². The maximum atomic E-state index is 16.0. The van der Waals surface area contributed by atoms with Crippen molar-refractivity contribution in [3.05, 3.63) is 60.6 Å². The molecule has 2 aromatic heterocycles. The van der Waals surface area contributed by atoms with Crippen molar-refractivity contribution in [3.63, 3.8) is 0 Å². The molecule has 7 rings (SSSR count). The highest BCUT2D eigenvalue weighted by atomic mass is 19.1. The van der Waals surface area contributed by atoms with Crippen molar-refractivity contribution in [2.45, 2.75) is 87.9 Å². The first-order valence-electron chi connectivity index (χ1n) is 15.0. The molecule has 4 fully saturated rings. The molecule has 212 valence electrons. The molecule has 9 unspecified atom stereocenters. The molecule has 4 heterocycles. The number of Topliss-reactive ketones (excluding diaryl/α,β-unsaturated/α-hetero) is 1. The zero-order valence-electron chi connectivity index (χ0n) is 23.0.